The van der Waals surface area contributed by atoms with Crippen LogP contribution in [0.5, 0.6) is 0 Å². The van der Waals surface area contributed by atoms with Crippen molar-refractivity contribution >= 4 is 92.7 Å². The fourth-order valence-electron chi connectivity index (χ4n) is 8.00. The Morgan fingerprint density at radius 1 is 0.478 bits per heavy atom. The molecule has 0 spiro atoms. The van der Waals surface area contributed by atoms with Gasteiger partial charge in [-0.3, -0.25) is 9.59 Å². The van der Waals surface area contributed by atoms with Gasteiger partial charge in [-0.1, -0.05) is 61.2 Å². The van der Waals surface area contributed by atoms with E-state index in [2.05, 4.69) is 12.1 Å². The molecule has 0 bridgehead atoms. The number of carbonyl (C=O) groups excluding carboxylic acids is 3. The van der Waals surface area contributed by atoms with Gasteiger partial charge in [0.2, 0.25) is 0 Å². The average Bonchev–Trinajstić information content (AvgIpc) is 3.37. The largest absolute Gasteiger partial charge is 0.460 e. The Morgan fingerprint density at radius 2 is 0.899 bits per heavy atom. The van der Waals surface area contributed by atoms with Crippen LogP contribution in [0.15, 0.2) is 147 Å². The van der Waals surface area contributed by atoms with Crippen LogP contribution < -0.4 is 10.9 Å². The van der Waals surface area contributed by atoms with Crippen molar-refractivity contribution in [1.82, 2.24) is 0 Å². The molecule has 2 N–H and O–H groups in total. The highest BCUT2D eigenvalue weighted by Crippen LogP contribution is 2.40. The highest BCUT2D eigenvalue weighted by Gasteiger charge is 2.30. The summed E-state index contributed by atoms with van der Waals surface area (Å²) in [6.07, 6.45) is 1.31. The number of esters is 3. The Balaban J connectivity index is 0.00000642. The van der Waals surface area contributed by atoms with Crippen molar-refractivity contribution < 1.29 is 48.3 Å². The molecule has 12 nitrogen and oxygen atoms in total. The summed E-state index contributed by atoms with van der Waals surface area (Å²) in [6.45, 7) is 2.73. The summed E-state index contributed by atoms with van der Waals surface area (Å²) in [5.74, 6) is -1.58. The van der Waals surface area contributed by atoms with Gasteiger partial charge in [0.1, 0.15) is 19.8 Å². The Bertz CT molecular complexity index is 3150. The quantitative estimate of drug-likeness (QED) is 0.0326. The van der Waals surface area contributed by atoms with Crippen LogP contribution in [-0.2, 0) is 34.8 Å². The maximum absolute atomic E-state index is 13.2. The van der Waals surface area contributed by atoms with Crippen molar-refractivity contribution in [2.45, 2.75) is 29.6 Å². The van der Waals surface area contributed by atoms with Gasteiger partial charge in [-0.2, -0.15) is 0 Å². The molecule has 0 unspecified atom stereocenters. The monoisotopic (exact) mass is 984 g/mol. The normalized spacial score (nSPS) is 12.1. The van der Waals surface area contributed by atoms with Gasteiger partial charge >= 0.3 is 17.9 Å². The number of carbonyl (C=O) groups is 3. The van der Waals surface area contributed by atoms with Crippen molar-refractivity contribution in [3.63, 3.8) is 0 Å². The van der Waals surface area contributed by atoms with E-state index in [1.807, 2.05) is 67.6 Å². The van der Waals surface area contributed by atoms with E-state index in [9.17, 15) is 24.0 Å². The van der Waals surface area contributed by atoms with E-state index >= 15 is 0 Å². The molecule has 69 heavy (non-hydrogen) atoms. The van der Waals surface area contributed by atoms with Gasteiger partial charge < -0.3 is 33.9 Å². The molecule has 2 aromatic heterocycles. The molecular weight excluding hydrogens is 937 g/mol. The lowest BCUT2D eigenvalue weighted by Gasteiger charge is -2.32. The van der Waals surface area contributed by atoms with Crippen LogP contribution in [0.3, 0.4) is 0 Å². The van der Waals surface area contributed by atoms with Crippen LogP contribution >= 0.6 is 34.4 Å². The van der Waals surface area contributed by atoms with E-state index < -0.39 is 23.3 Å². The van der Waals surface area contributed by atoms with E-state index in [0.717, 1.165) is 35.7 Å². The average molecular weight is 985 g/mol. The second-order valence-corrected chi connectivity index (χ2v) is 19.7. The van der Waals surface area contributed by atoms with Crippen LogP contribution in [0, 0.1) is 5.41 Å². The predicted octanol–water partition coefficient (Wildman–Crippen LogP) is 9.69. The summed E-state index contributed by atoms with van der Waals surface area (Å²) in [5, 5.41) is 2.12. The lowest BCUT2D eigenvalue weighted by atomic mass is 9.88. The number of fused-ring (bicyclic) bond motifs is 6. The van der Waals surface area contributed by atoms with Gasteiger partial charge in [0, 0.05) is 55.6 Å². The SMILES string of the molecule is CCC(COCCOC(=O)c1ccc2c(c1)Cc1ccccc1S2)(COCCOC(=O)c1ccc2sc3ccccc3c(=O)c2c1)COCCOC(=O)c1ccc2sc3ccccc3c(=O)c2c1.O. The van der Waals surface area contributed by atoms with Gasteiger partial charge in [-0.15, -0.1) is 22.7 Å². The Morgan fingerprint density at radius 3 is 1.41 bits per heavy atom. The Kier molecular flexibility index (Phi) is 16.0. The molecule has 0 fully saturated rings. The second kappa shape index (κ2) is 22.4. The van der Waals surface area contributed by atoms with E-state index in [-0.39, 0.29) is 86.9 Å². The molecule has 15 heteroatoms. The third-order valence-electron chi connectivity index (χ3n) is 11.8. The smallest absolute Gasteiger partial charge is 0.338 e. The number of ether oxygens (including phenoxy) is 6. The molecule has 0 amide bonds. The van der Waals surface area contributed by atoms with Gasteiger partial charge in [0.15, 0.2) is 10.9 Å². The van der Waals surface area contributed by atoms with E-state index in [0.29, 0.717) is 33.5 Å². The highest BCUT2D eigenvalue weighted by atomic mass is 32.2. The third-order valence-corrected chi connectivity index (χ3v) is 15.4. The maximum atomic E-state index is 13.2. The summed E-state index contributed by atoms with van der Waals surface area (Å²) in [5.41, 5.74) is 2.37. The molecule has 3 heterocycles. The number of hydrogen-bond donors (Lipinski definition) is 0. The standard InChI is InChI=1S/C54H46O11S3.H2O/c1-2-54(31-60-21-24-63-51(57)35-15-18-44-38(28-35)27-34-9-3-6-12-43(34)66-44,32-61-22-25-64-52(58)36-16-19-47-41(29-36)49(55)39-10-4-7-13-45(39)67-47)33-62-23-26-65-53(59)37-17-20-48-42(30-37)50(56)40-11-5-8-14-46(40)68-48;/h3-20,28-30H,2,21-27,31-33H2,1H3;1H2. The van der Waals surface area contributed by atoms with Crippen LogP contribution in [0.1, 0.15) is 55.5 Å². The van der Waals surface area contributed by atoms with Crippen LogP contribution in [-0.4, -0.2) is 82.8 Å². The number of benzene rings is 6. The lowest BCUT2D eigenvalue weighted by molar-refractivity contribution is -0.0837. The molecule has 354 valence electrons. The van der Waals surface area contributed by atoms with Gasteiger partial charge in [-0.25, -0.2) is 14.4 Å². The zero-order valence-corrected chi connectivity index (χ0v) is 40.1. The van der Waals surface area contributed by atoms with Crippen molar-refractivity contribution in [2.75, 3.05) is 59.5 Å². The highest BCUT2D eigenvalue weighted by molar-refractivity contribution is 7.99. The summed E-state index contributed by atoms with van der Waals surface area (Å²) >= 11 is 4.67. The fourth-order valence-corrected chi connectivity index (χ4v) is 11.2. The zero-order valence-electron chi connectivity index (χ0n) is 37.6. The van der Waals surface area contributed by atoms with Crippen LogP contribution in [0.2, 0.25) is 0 Å². The molecule has 8 aromatic rings. The van der Waals surface area contributed by atoms with E-state index in [1.165, 1.54) is 33.1 Å². The maximum Gasteiger partial charge on any atom is 0.338 e. The van der Waals surface area contributed by atoms with Gasteiger partial charge in [-0.05, 0) is 109 Å². The topological polar surface area (TPSA) is 172 Å². The fraction of sp³-hybridized carbons (Fsp3) is 0.241. The molecule has 0 atom stereocenters. The Labute approximate surface area is 409 Å². The summed E-state index contributed by atoms with van der Waals surface area (Å²) in [6, 6.07) is 38.7. The lowest BCUT2D eigenvalue weighted by Crippen LogP contribution is -2.38. The molecule has 0 saturated carbocycles. The first-order chi connectivity index (χ1) is 33.2. The number of rotatable bonds is 19. The minimum atomic E-state index is -0.676. The molecule has 0 radical (unpaired) electrons. The third kappa shape index (κ3) is 11.3. The first-order valence-corrected chi connectivity index (χ1v) is 24.7. The van der Waals surface area contributed by atoms with Crippen LogP contribution in [0.25, 0.3) is 40.3 Å². The summed E-state index contributed by atoms with van der Waals surface area (Å²) in [7, 11) is 0. The Hall–Kier alpha value is -6.30. The summed E-state index contributed by atoms with van der Waals surface area (Å²) in [4.78, 5) is 68.0. The predicted molar refractivity (Wildman–Crippen MR) is 271 cm³/mol. The second-order valence-electron chi connectivity index (χ2n) is 16.4. The molecule has 6 aromatic carbocycles. The van der Waals surface area contributed by atoms with E-state index in [4.69, 9.17) is 28.4 Å². The number of hydrogen-bond acceptors (Lipinski definition) is 14. The van der Waals surface area contributed by atoms with Crippen molar-refractivity contribution in [3.8, 4) is 0 Å². The molecular formula is C54H48O12S3. The van der Waals surface area contributed by atoms with Gasteiger partial charge in [0.25, 0.3) is 0 Å². The molecule has 0 saturated heterocycles. The zero-order chi connectivity index (χ0) is 47.0. The first-order valence-electron chi connectivity index (χ1n) is 22.2. The van der Waals surface area contributed by atoms with E-state index in [1.54, 1.807) is 66.4 Å². The molecule has 0 aliphatic carbocycles. The minimum absolute atomic E-state index is 0. The first kappa shape index (κ1) is 49.1. The van der Waals surface area contributed by atoms with Crippen molar-refractivity contribution in [1.29, 1.82) is 0 Å². The minimum Gasteiger partial charge on any atom is -0.460 e. The molecule has 9 rings (SSSR count). The summed E-state index contributed by atoms with van der Waals surface area (Å²) < 4.78 is 38.3. The van der Waals surface area contributed by atoms with Crippen molar-refractivity contribution in [2.24, 2.45) is 5.41 Å². The van der Waals surface area contributed by atoms with Gasteiger partial charge in [0.05, 0.1) is 56.3 Å². The molecule has 1 aliphatic rings. The van der Waals surface area contributed by atoms with Crippen molar-refractivity contribution in [3.05, 3.63) is 176 Å². The van der Waals surface area contributed by atoms with Crippen LogP contribution in [0.4, 0.5) is 0 Å². The molecule has 1 aliphatic heterocycles.